The molecule has 2 amide bonds. The van der Waals surface area contributed by atoms with Crippen LogP contribution in [0.3, 0.4) is 0 Å². The largest absolute Gasteiger partial charge is 0.381 e. The predicted octanol–water partition coefficient (Wildman–Crippen LogP) is 1.56. The molecule has 8 nitrogen and oxygen atoms in total. The third kappa shape index (κ3) is 3.55. The molecule has 3 heterocycles. The van der Waals surface area contributed by atoms with E-state index in [2.05, 4.69) is 15.3 Å². The van der Waals surface area contributed by atoms with E-state index >= 15 is 0 Å². The second kappa shape index (κ2) is 7.55. The minimum atomic E-state index is -0.641. The van der Waals surface area contributed by atoms with Crippen LogP contribution < -0.4 is 11.1 Å². The SMILES string of the molecule is CC(C(N)=O)N1Cc2ccc(-c3ccnc(NC4CCOCC4)n3)cc2C1=O. The van der Waals surface area contributed by atoms with Gasteiger partial charge in [-0.15, -0.1) is 0 Å². The van der Waals surface area contributed by atoms with E-state index in [1.54, 1.807) is 13.1 Å². The van der Waals surface area contributed by atoms with Crippen LogP contribution in [0.25, 0.3) is 11.3 Å². The first-order chi connectivity index (χ1) is 13.5. The Balaban J connectivity index is 1.56. The summed E-state index contributed by atoms with van der Waals surface area (Å²) in [5, 5.41) is 3.36. The average molecular weight is 381 g/mol. The van der Waals surface area contributed by atoms with E-state index in [1.807, 2.05) is 24.3 Å². The van der Waals surface area contributed by atoms with Gasteiger partial charge in [0.2, 0.25) is 11.9 Å². The standard InChI is InChI=1S/C20H23N5O3/c1-12(18(21)26)25-11-14-3-2-13(10-16(14)19(25)27)17-4-7-22-20(24-17)23-15-5-8-28-9-6-15/h2-4,7,10,12,15H,5-6,8-9,11H2,1H3,(H2,21,26)(H,22,23,24). The summed E-state index contributed by atoms with van der Waals surface area (Å²) in [6, 6.07) is 7.15. The molecule has 0 spiro atoms. The average Bonchev–Trinajstić information content (AvgIpc) is 3.04. The maximum Gasteiger partial charge on any atom is 0.255 e. The maximum absolute atomic E-state index is 12.7. The van der Waals surface area contributed by atoms with Crippen LogP contribution in [-0.2, 0) is 16.1 Å². The number of amides is 2. The van der Waals surface area contributed by atoms with Gasteiger partial charge >= 0.3 is 0 Å². The Bertz CT molecular complexity index is 910. The molecule has 1 saturated heterocycles. The summed E-state index contributed by atoms with van der Waals surface area (Å²) < 4.78 is 5.38. The van der Waals surface area contributed by atoms with Crippen molar-refractivity contribution in [1.82, 2.24) is 14.9 Å². The van der Waals surface area contributed by atoms with Gasteiger partial charge in [0.15, 0.2) is 0 Å². The molecule has 2 aliphatic heterocycles. The van der Waals surface area contributed by atoms with E-state index in [4.69, 9.17) is 10.5 Å². The van der Waals surface area contributed by atoms with Crippen molar-refractivity contribution < 1.29 is 14.3 Å². The number of aromatic nitrogens is 2. The second-order valence-electron chi connectivity index (χ2n) is 7.18. The number of hydrogen-bond acceptors (Lipinski definition) is 6. The predicted molar refractivity (Wildman–Crippen MR) is 103 cm³/mol. The first-order valence-electron chi connectivity index (χ1n) is 9.44. The van der Waals surface area contributed by atoms with Crippen LogP contribution in [0.4, 0.5) is 5.95 Å². The van der Waals surface area contributed by atoms with Gasteiger partial charge in [-0.25, -0.2) is 9.97 Å². The van der Waals surface area contributed by atoms with E-state index in [-0.39, 0.29) is 5.91 Å². The minimum Gasteiger partial charge on any atom is -0.381 e. The number of ether oxygens (including phenoxy) is 1. The molecule has 28 heavy (non-hydrogen) atoms. The monoisotopic (exact) mass is 381 g/mol. The number of benzene rings is 1. The lowest BCUT2D eigenvalue weighted by atomic mass is 10.0. The quantitative estimate of drug-likeness (QED) is 0.813. The zero-order chi connectivity index (χ0) is 19.7. The van der Waals surface area contributed by atoms with Gasteiger partial charge in [0.1, 0.15) is 6.04 Å². The topological polar surface area (TPSA) is 110 Å². The summed E-state index contributed by atoms with van der Waals surface area (Å²) in [5.74, 6) is -0.126. The Hall–Kier alpha value is -3.00. The number of nitrogens with two attached hydrogens (primary N) is 1. The molecule has 1 aromatic carbocycles. The fourth-order valence-corrected chi connectivity index (χ4v) is 3.56. The lowest BCUT2D eigenvalue weighted by Crippen LogP contribution is -2.42. The number of carbonyl (C=O) groups is 2. The first kappa shape index (κ1) is 18.4. The number of nitrogens with one attached hydrogen (secondary N) is 1. The number of hydrogen-bond donors (Lipinski definition) is 2. The highest BCUT2D eigenvalue weighted by Crippen LogP contribution is 2.29. The van der Waals surface area contributed by atoms with Gasteiger partial charge in [-0.2, -0.15) is 0 Å². The Labute approximate surface area is 163 Å². The highest BCUT2D eigenvalue weighted by molar-refractivity contribution is 6.01. The van der Waals surface area contributed by atoms with Crippen LogP contribution in [0.1, 0.15) is 35.7 Å². The smallest absolute Gasteiger partial charge is 0.255 e. The zero-order valence-corrected chi connectivity index (χ0v) is 15.7. The van der Waals surface area contributed by atoms with Gasteiger partial charge in [-0.05, 0) is 37.5 Å². The molecule has 0 saturated carbocycles. The molecule has 3 N–H and O–H groups in total. The molecule has 4 rings (SSSR count). The van der Waals surface area contributed by atoms with Crippen LogP contribution in [0, 0.1) is 0 Å². The summed E-state index contributed by atoms with van der Waals surface area (Å²) in [6.45, 7) is 3.51. The van der Waals surface area contributed by atoms with E-state index in [9.17, 15) is 9.59 Å². The highest BCUT2D eigenvalue weighted by atomic mass is 16.5. The molecule has 0 radical (unpaired) electrons. The molecule has 1 fully saturated rings. The number of anilines is 1. The number of rotatable bonds is 5. The molecule has 8 heteroatoms. The van der Waals surface area contributed by atoms with Gasteiger partial charge in [0.05, 0.1) is 5.69 Å². The van der Waals surface area contributed by atoms with E-state index in [1.165, 1.54) is 4.90 Å². The third-order valence-corrected chi connectivity index (χ3v) is 5.33. The van der Waals surface area contributed by atoms with Crippen LogP contribution in [0.15, 0.2) is 30.5 Å². The van der Waals surface area contributed by atoms with Crippen LogP contribution in [0.2, 0.25) is 0 Å². The van der Waals surface area contributed by atoms with Crippen molar-refractivity contribution in [3.63, 3.8) is 0 Å². The van der Waals surface area contributed by atoms with Crippen molar-refractivity contribution in [2.24, 2.45) is 5.73 Å². The molecule has 146 valence electrons. The molecule has 1 atom stereocenters. The van der Waals surface area contributed by atoms with Crippen molar-refractivity contribution in [2.75, 3.05) is 18.5 Å². The highest BCUT2D eigenvalue weighted by Gasteiger charge is 2.33. The summed E-state index contributed by atoms with van der Waals surface area (Å²) >= 11 is 0. The third-order valence-electron chi connectivity index (χ3n) is 5.33. The van der Waals surface area contributed by atoms with Crippen LogP contribution >= 0.6 is 0 Å². The van der Waals surface area contributed by atoms with Crippen molar-refractivity contribution in [3.8, 4) is 11.3 Å². The fourth-order valence-electron chi connectivity index (χ4n) is 3.56. The number of nitrogens with zero attached hydrogens (tertiary/aromatic N) is 3. The maximum atomic E-state index is 12.7. The van der Waals surface area contributed by atoms with E-state index < -0.39 is 11.9 Å². The Morgan fingerprint density at radius 1 is 1.32 bits per heavy atom. The summed E-state index contributed by atoms with van der Waals surface area (Å²) in [5.41, 5.74) is 8.40. The number of fused-ring (bicyclic) bond motifs is 1. The molecule has 0 bridgehead atoms. The van der Waals surface area contributed by atoms with Gasteiger partial charge in [0, 0.05) is 43.1 Å². The molecular weight excluding hydrogens is 358 g/mol. The van der Waals surface area contributed by atoms with E-state index in [0.717, 1.165) is 42.9 Å². The Morgan fingerprint density at radius 2 is 2.11 bits per heavy atom. The Morgan fingerprint density at radius 3 is 2.86 bits per heavy atom. The fraction of sp³-hybridized carbons (Fsp3) is 0.400. The first-order valence-corrected chi connectivity index (χ1v) is 9.44. The van der Waals surface area contributed by atoms with Gasteiger partial charge in [0.25, 0.3) is 5.91 Å². The molecule has 2 aliphatic rings. The van der Waals surface area contributed by atoms with Crippen LogP contribution in [0.5, 0.6) is 0 Å². The molecule has 1 unspecified atom stereocenters. The van der Waals surface area contributed by atoms with Crippen molar-refractivity contribution >= 4 is 17.8 Å². The van der Waals surface area contributed by atoms with Gasteiger partial charge in [-0.1, -0.05) is 12.1 Å². The lowest BCUT2D eigenvalue weighted by Gasteiger charge is -2.23. The number of carbonyl (C=O) groups excluding carboxylic acids is 2. The molecular formula is C20H23N5O3. The zero-order valence-electron chi connectivity index (χ0n) is 15.7. The molecule has 1 aromatic heterocycles. The summed E-state index contributed by atoms with van der Waals surface area (Å²) in [6.07, 6.45) is 3.56. The lowest BCUT2D eigenvalue weighted by molar-refractivity contribution is -0.122. The van der Waals surface area contributed by atoms with Gasteiger partial charge in [-0.3, -0.25) is 9.59 Å². The summed E-state index contributed by atoms with van der Waals surface area (Å²) in [4.78, 5) is 34.6. The van der Waals surface area contributed by atoms with Crippen molar-refractivity contribution in [3.05, 3.63) is 41.6 Å². The summed E-state index contributed by atoms with van der Waals surface area (Å²) in [7, 11) is 0. The van der Waals surface area contributed by atoms with Crippen molar-refractivity contribution in [2.45, 2.75) is 38.4 Å². The van der Waals surface area contributed by atoms with Crippen LogP contribution in [-0.4, -0.2) is 52.0 Å². The molecule has 0 aliphatic carbocycles. The van der Waals surface area contributed by atoms with Crippen molar-refractivity contribution in [1.29, 1.82) is 0 Å². The normalized spacial score (nSPS) is 18.0. The number of primary amides is 1. The van der Waals surface area contributed by atoms with E-state index in [0.29, 0.717) is 24.1 Å². The van der Waals surface area contributed by atoms with Gasteiger partial charge < -0.3 is 20.7 Å². The minimum absolute atomic E-state index is 0.183. The second-order valence-corrected chi connectivity index (χ2v) is 7.18. The Kier molecular flexibility index (Phi) is 4.95. The molecule has 2 aromatic rings.